The summed E-state index contributed by atoms with van der Waals surface area (Å²) in [5.41, 5.74) is 0.295. The summed E-state index contributed by atoms with van der Waals surface area (Å²) in [6.07, 6.45) is 0.746. The third kappa shape index (κ3) is 8.18. The summed E-state index contributed by atoms with van der Waals surface area (Å²) in [4.78, 5) is 43.9. The number of nitrogens with one attached hydrogen (secondary N) is 2. The summed E-state index contributed by atoms with van der Waals surface area (Å²) >= 11 is 0. The molecule has 1 aromatic carbocycles. The first kappa shape index (κ1) is 30.3. The molecule has 0 spiro atoms. The quantitative estimate of drug-likeness (QED) is 0.350. The molecular formula is C28H41F2N5O5. The first-order valence-electron chi connectivity index (χ1n) is 14.3. The Hall–Kier alpha value is -2.67. The van der Waals surface area contributed by atoms with Crippen LogP contribution in [0.5, 0.6) is 0 Å². The Bertz CT molecular complexity index is 1020. The Kier molecular flexibility index (Phi) is 10.8. The van der Waals surface area contributed by atoms with E-state index in [1.165, 1.54) is 12.1 Å². The van der Waals surface area contributed by atoms with E-state index in [9.17, 15) is 28.3 Å². The molecule has 0 aliphatic carbocycles. The predicted octanol–water partition coefficient (Wildman–Crippen LogP) is 0.134. The van der Waals surface area contributed by atoms with Gasteiger partial charge in [-0.05, 0) is 30.5 Å². The third-order valence-electron chi connectivity index (χ3n) is 7.91. The number of ether oxygens (including phenoxy) is 1. The van der Waals surface area contributed by atoms with Crippen molar-refractivity contribution < 1.29 is 33.0 Å². The molecule has 0 radical (unpaired) electrons. The van der Waals surface area contributed by atoms with E-state index in [1.54, 1.807) is 9.80 Å². The van der Waals surface area contributed by atoms with Gasteiger partial charge in [-0.3, -0.25) is 19.3 Å². The van der Waals surface area contributed by atoms with Crippen LogP contribution >= 0.6 is 0 Å². The number of halogens is 2. The Morgan fingerprint density at radius 1 is 1.15 bits per heavy atom. The first-order valence-corrected chi connectivity index (χ1v) is 14.3. The molecule has 0 aromatic heterocycles. The molecule has 12 heteroatoms. The number of carbonyl (C=O) groups excluding carboxylic acids is 3. The van der Waals surface area contributed by atoms with E-state index in [-0.39, 0.29) is 37.1 Å². The van der Waals surface area contributed by atoms with E-state index in [0.717, 1.165) is 18.9 Å². The second kappa shape index (κ2) is 14.3. The summed E-state index contributed by atoms with van der Waals surface area (Å²) in [5, 5.41) is 17.6. The number of morpholine rings is 1. The summed E-state index contributed by atoms with van der Waals surface area (Å²) in [6.45, 7) is 6.76. The normalized spacial score (nSPS) is 23.8. The number of amides is 3. The highest BCUT2D eigenvalue weighted by molar-refractivity contribution is 5.89. The lowest BCUT2D eigenvalue weighted by molar-refractivity contribution is -0.137. The van der Waals surface area contributed by atoms with Gasteiger partial charge in [-0.25, -0.2) is 8.78 Å². The molecule has 1 aromatic rings. The van der Waals surface area contributed by atoms with Gasteiger partial charge in [-0.15, -0.1) is 0 Å². The minimum Gasteiger partial charge on any atom is -0.389 e. The lowest BCUT2D eigenvalue weighted by Gasteiger charge is -2.39. The van der Waals surface area contributed by atoms with Crippen LogP contribution in [-0.2, 0) is 25.5 Å². The molecule has 0 saturated carbocycles. The number of rotatable bonds is 11. The largest absolute Gasteiger partial charge is 0.389 e. The lowest BCUT2D eigenvalue weighted by Crippen LogP contribution is -2.62. The fourth-order valence-electron chi connectivity index (χ4n) is 5.65. The molecule has 222 valence electrons. The van der Waals surface area contributed by atoms with Crippen LogP contribution in [0.3, 0.4) is 0 Å². The predicted molar refractivity (Wildman–Crippen MR) is 143 cm³/mol. The summed E-state index contributed by atoms with van der Waals surface area (Å²) in [6, 6.07) is 1.76. The van der Waals surface area contributed by atoms with Crippen LogP contribution in [0.25, 0.3) is 0 Å². The van der Waals surface area contributed by atoms with Crippen molar-refractivity contribution in [1.29, 1.82) is 0 Å². The molecule has 3 amide bonds. The monoisotopic (exact) mass is 565 g/mol. The van der Waals surface area contributed by atoms with Gasteiger partial charge in [-0.2, -0.15) is 0 Å². The molecule has 1 unspecified atom stereocenters. The molecule has 3 heterocycles. The maximum atomic E-state index is 14.0. The number of benzene rings is 1. The topological polar surface area (TPSA) is 114 Å². The smallest absolute Gasteiger partial charge is 0.236 e. The first-order chi connectivity index (χ1) is 19.2. The molecule has 40 heavy (non-hydrogen) atoms. The van der Waals surface area contributed by atoms with Gasteiger partial charge in [0, 0.05) is 64.3 Å². The van der Waals surface area contributed by atoms with Crippen LogP contribution in [0.15, 0.2) is 18.2 Å². The average Bonchev–Trinajstić information content (AvgIpc) is 3.31. The molecule has 10 nitrogen and oxygen atoms in total. The van der Waals surface area contributed by atoms with E-state index in [4.69, 9.17) is 4.74 Å². The molecule has 3 aliphatic heterocycles. The van der Waals surface area contributed by atoms with Gasteiger partial charge in [-0.1, -0.05) is 13.3 Å². The van der Waals surface area contributed by atoms with Crippen LogP contribution in [-0.4, -0.2) is 121 Å². The van der Waals surface area contributed by atoms with Crippen LogP contribution in [0.4, 0.5) is 8.78 Å². The van der Waals surface area contributed by atoms with Crippen LogP contribution in [0.1, 0.15) is 31.7 Å². The lowest BCUT2D eigenvalue weighted by atomic mass is 9.94. The standard InChI is InChI=1S/C28H41F2N5O5/c1-2-3-5-35-16-20(14-25(35)36)28(39)32-23(13-19-11-21(29)15-22(30)12-19)27(38)24-17-33(6-4-31-24)18-26(37)34-7-9-40-10-8-34/h11-12,15,20,23-24,27,31,38H,2-10,13-14,16-18H2,1H3,(H,32,39)/t20?,23-,24+,27-/m0/s1. The second-order valence-electron chi connectivity index (χ2n) is 11.0. The van der Waals surface area contributed by atoms with Crippen LogP contribution < -0.4 is 10.6 Å². The van der Waals surface area contributed by atoms with Crippen molar-refractivity contribution >= 4 is 17.7 Å². The van der Waals surface area contributed by atoms with Crippen molar-refractivity contribution in [2.75, 3.05) is 65.6 Å². The van der Waals surface area contributed by atoms with E-state index in [1.807, 2.05) is 11.8 Å². The van der Waals surface area contributed by atoms with E-state index in [0.29, 0.717) is 64.6 Å². The molecule has 3 saturated heterocycles. The molecule has 0 bridgehead atoms. The van der Waals surface area contributed by atoms with E-state index in [2.05, 4.69) is 10.6 Å². The number of likely N-dealkylation sites (tertiary alicyclic amines) is 1. The van der Waals surface area contributed by atoms with E-state index < -0.39 is 35.7 Å². The SMILES string of the molecule is CCCCN1CC(C(=O)N[C@@H](Cc2cc(F)cc(F)c2)[C@H](O)[C@H]2CN(CC(=O)N3CCOCC3)CCN2)CC1=O. The maximum Gasteiger partial charge on any atom is 0.236 e. The zero-order chi connectivity index (χ0) is 28.6. The number of aliphatic hydroxyl groups excluding tert-OH is 1. The van der Waals surface area contributed by atoms with Crippen molar-refractivity contribution in [1.82, 2.24) is 25.3 Å². The van der Waals surface area contributed by atoms with Crippen molar-refractivity contribution in [2.45, 2.75) is 50.8 Å². The van der Waals surface area contributed by atoms with Crippen molar-refractivity contribution in [3.8, 4) is 0 Å². The minimum absolute atomic E-state index is 0.00273. The number of aliphatic hydroxyl groups is 1. The average molecular weight is 566 g/mol. The van der Waals surface area contributed by atoms with Crippen LogP contribution in [0.2, 0.25) is 0 Å². The van der Waals surface area contributed by atoms with Crippen LogP contribution in [0, 0.1) is 17.6 Å². The Labute approximate surface area is 234 Å². The fourth-order valence-corrected chi connectivity index (χ4v) is 5.65. The molecule has 3 N–H and O–H groups in total. The Morgan fingerprint density at radius 2 is 1.88 bits per heavy atom. The number of carbonyl (C=O) groups is 3. The third-order valence-corrected chi connectivity index (χ3v) is 7.91. The molecule has 3 aliphatic rings. The summed E-state index contributed by atoms with van der Waals surface area (Å²) in [7, 11) is 0. The van der Waals surface area contributed by atoms with Crippen molar-refractivity contribution in [3.63, 3.8) is 0 Å². The number of hydrogen-bond acceptors (Lipinski definition) is 7. The molecule has 4 atom stereocenters. The van der Waals surface area contributed by atoms with Gasteiger partial charge in [0.05, 0.1) is 37.8 Å². The van der Waals surface area contributed by atoms with Gasteiger partial charge in [0.25, 0.3) is 0 Å². The summed E-state index contributed by atoms with van der Waals surface area (Å²) in [5.74, 6) is -2.50. The highest BCUT2D eigenvalue weighted by Gasteiger charge is 2.38. The maximum absolute atomic E-state index is 14.0. The Balaban J connectivity index is 1.43. The zero-order valence-electron chi connectivity index (χ0n) is 23.1. The van der Waals surface area contributed by atoms with Gasteiger partial charge in [0.2, 0.25) is 17.7 Å². The second-order valence-corrected chi connectivity index (χ2v) is 11.0. The number of hydrogen-bond donors (Lipinski definition) is 3. The van der Waals surface area contributed by atoms with Gasteiger partial charge in [0.1, 0.15) is 11.6 Å². The number of piperazine rings is 1. The zero-order valence-corrected chi connectivity index (χ0v) is 23.1. The molecule has 4 rings (SSSR count). The highest BCUT2D eigenvalue weighted by Crippen LogP contribution is 2.21. The van der Waals surface area contributed by atoms with E-state index >= 15 is 0 Å². The van der Waals surface area contributed by atoms with Gasteiger partial charge >= 0.3 is 0 Å². The fraction of sp³-hybridized carbons (Fsp3) is 0.679. The molecule has 3 fully saturated rings. The number of nitrogens with zero attached hydrogens (tertiary/aromatic N) is 3. The molecular weight excluding hydrogens is 524 g/mol. The summed E-state index contributed by atoms with van der Waals surface area (Å²) < 4.78 is 33.2. The van der Waals surface area contributed by atoms with Crippen molar-refractivity contribution in [3.05, 3.63) is 35.4 Å². The van der Waals surface area contributed by atoms with Crippen molar-refractivity contribution in [2.24, 2.45) is 5.92 Å². The Morgan fingerprint density at radius 3 is 2.58 bits per heavy atom. The van der Waals surface area contributed by atoms with Gasteiger partial charge < -0.3 is 30.3 Å². The minimum atomic E-state index is -1.12. The highest BCUT2D eigenvalue weighted by atomic mass is 19.1. The number of unbranched alkanes of at least 4 members (excludes halogenated alkanes) is 1. The van der Waals surface area contributed by atoms with Gasteiger partial charge in [0.15, 0.2) is 0 Å².